The number of unbranched alkanes of at least 4 members (excludes halogenated alkanes) is 2. The van der Waals surface area contributed by atoms with Gasteiger partial charge in [0.15, 0.2) is 11.5 Å². The smallest absolute Gasteiger partial charge is 0.453 e. The van der Waals surface area contributed by atoms with Crippen LogP contribution in [0.5, 0.6) is 17.2 Å². The standard InChI is InChI=1S/C22H30NO10P/c1-3-5-7-31-34(28,32-8-6-4-2)33-21-16-12(10-15-20(21)30-11-29-15)13-9-14(24)18(25)19(26)17(13)23-22(16)27/h9-10,14,17-19,24-26H,3-8,11H2,1-2H3,(H,23,27)/t14-,17+,18+,19-/m0/s1. The minimum atomic E-state index is -4.15. The second kappa shape index (κ2) is 10.2. The molecule has 0 unspecified atom stereocenters. The Labute approximate surface area is 197 Å². The molecule has 34 heavy (non-hydrogen) atoms. The lowest BCUT2D eigenvalue weighted by Crippen LogP contribution is -2.57. The largest absolute Gasteiger partial charge is 0.530 e. The fourth-order valence-electron chi connectivity index (χ4n) is 4.00. The first-order valence-electron chi connectivity index (χ1n) is 11.4. The molecule has 2 aliphatic heterocycles. The lowest BCUT2D eigenvalue weighted by atomic mass is 9.79. The molecule has 188 valence electrons. The molecule has 0 saturated heterocycles. The lowest BCUT2D eigenvalue weighted by molar-refractivity contribution is -0.0535. The summed E-state index contributed by atoms with van der Waals surface area (Å²) < 4.78 is 41.4. The van der Waals surface area contributed by atoms with Crippen molar-refractivity contribution in [3.8, 4) is 17.2 Å². The molecule has 4 atom stereocenters. The number of carbonyl (C=O) groups is 1. The van der Waals surface area contributed by atoms with Crippen LogP contribution in [0.15, 0.2) is 12.1 Å². The van der Waals surface area contributed by atoms with E-state index in [9.17, 15) is 24.7 Å². The van der Waals surface area contributed by atoms with Crippen LogP contribution in [0.2, 0.25) is 0 Å². The van der Waals surface area contributed by atoms with Crippen molar-refractivity contribution in [1.82, 2.24) is 5.32 Å². The van der Waals surface area contributed by atoms with Crippen molar-refractivity contribution >= 4 is 19.3 Å². The molecule has 11 nitrogen and oxygen atoms in total. The van der Waals surface area contributed by atoms with E-state index in [1.165, 1.54) is 12.1 Å². The maximum absolute atomic E-state index is 13.5. The van der Waals surface area contributed by atoms with Crippen LogP contribution >= 0.6 is 7.82 Å². The van der Waals surface area contributed by atoms with Crippen LogP contribution in [0, 0.1) is 0 Å². The number of aliphatic hydroxyl groups is 3. The van der Waals surface area contributed by atoms with E-state index in [-0.39, 0.29) is 48.4 Å². The number of rotatable bonds is 10. The van der Waals surface area contributed by atoms with E-state index in [0.717, 1.165) is 12.8 Å². The van der Waals surface area contributed by atoms with Gasteiger partial charge >= 0.3 is 7.82 Å². The van der Waals surface area contributed by atoms with Crippen molar-refractivity contribution in [3.63, 3.8) is 0 Å². The van der Waals surface area contributed by atoms with Gasteiger partial charge in [0.25, 0.3) is 5.91 Å². The topological polar surface area (TPSA) is 153 Å². The van der Waals surface area contributed by atoms with E-state index in [2.05, 4.69) is 5.32 Å². The highest BCUT2D eigenvalue weighted by atomic mass is 31.2. The van der Waals surface area contributed by atoms with Crippen molar-refractivity contribution in [2.75, 3.05) is 20.0 Å². The van der Waals surface area contributed by atoms with Gasteiger partial charge in [0.1, 0.15) is 18.3 Å². The Hall–Kier alpha value is -2.14. The lowest BCUT2D eigenvalue weighted by Gasteiger charge is -2.39. The number of aliphatic hydroxyl groups excluding tert-OH is 3. The predicted molar refractivity (Wildman–Crippen MR) is 120 cm³/mol. The van der Waals surface area contributed by atoms with Gasteiger partial charge in [-0.15, -0.1) is 0 Å². The monoisotopic (exact) mass is 499 g/mol. The van der Waals surface area contributed by atoms with Crippen molar-refractivity contribution in [1.29, 1.82) is 0 Å². The fraction of sp³-hybridized carbons (Fsp3) is 0.591. The summed E-state index contributed by atoms with van der Waals surface area (Å²) in [4.78, 5) is 13.2. The van der Waals surface area contributed by atoms with Crippen molar-refractivity contribution in [2.45, 2.75) is 63.9 Å². The first-order chi connectivity index (χ1) is 16.3. The van der Waals surface area contributed by atoms with Gasteiger partial charge in [-0.1, -0.05) is 26.7 Å². The number of nitrogens with one attached hydrogen (secondary N) is 1. The summed E-state index contributed by atoms with van der Waals surface area (Å²) in [6.07, 6.45) is -0.0687. The molecule has 4 rings (SSSR count). The van der Waals surface area contributed by atoms with Crippen molar-refractivity contribution < 1.29 is 47.7 Å². The Balaban J connectivity index is 1.79. The molecule has 0 fully saturated rings. The summed E-state index contributed by atoms with van der Waals surface area (Å²) in [5.74, 6) is -0.523. The molecule has 2 heterocycles. The zero-order chi connectivity index (χ0) is 24.5. The third-order valence-electron chi connectivity index (χ3n) is 5.87. The predicted octanol–water partition coefficient (Wildman–Crippen LogP) is 2.13. The van der Waals surface area contributed by atoms with Gasteiger partial charge in [-0.05, 0) is 30.6 Å². The molecule has 0 bridgehead atoms. The minimum Gasteiger partial charge on any atom is -0.453 e. The number of phosphoric acid groups is 1. The quantitative estimate of drug-likeness (QED) is 0.278. The number of benzene rings is 1. The highest BCUT2D eigenvalue weighted by Crippen LogP contribution is 2.57. The first kappa shape index (κ1) is 25.0. The molecule has 0 spiro atoms. The van der Waals surface area contributed by atoms with Gasteiger partial charge in [-0.25, -0.2) is 4.57 Å². The van der Waals surface area contributed by atoms with Crippen LogP contribution < -0.4 is 19.3 Å². The van der Waals surface area contributed by atoms with Crippen molar-refractivity contribution in [2.24, 2.45) is 0 Å². The molecule has 3 aliphatic rings. The molecule has 0 radical (unpaired) electrons. The third kappa shape index (κ3) is 4.68. The van der Waals surface area contributed by atoms with Gasteiger partial charge in [-0.3, -0.25) is 13.8 Å². The zero-order valence-corrected chi connectivity index (χ0v) is 20.0. The van der Waals surface area contributed by atoms with Gasteiger partial charge in [0.05, 0.1) is 24.8 Å². The summed E-state index contributed by atoms with van der Waals surface area (Å²) >= 11 is 0. The van der Waals surface area contributed by atoms with E-state index in [0.29, 0.717) is 18.4 Å². The Kier molecular flexibility index (Phi) is 7.51. The van der Waals surface area contributed by atoms with Gasteiger partial charge in [-0.2, -0.15) is 0 Å². The average molecular weight is 499 g/mol. The van der Waals surface area contributed by atoms with Crippen LogP contribution in [-0.2, 0) is 13.6 Å². The molecule has 1 aromatic carbocycles. The summed E-state index contributed by atoms with van der Waals surface area (Å²) in [6.45, 7) is 4.02. The number of amides is 1. The van der Waals surface area contributed by atoms with E-state index < -0.39 is 38.1 Å². The van der Waals surface area contributed by atoms with Crippen LogP contribution in [-0.4, -0.2) is 65.6 Å². The number of fused-ring (bicyclic) bond motifs is 4. The van der Waals surface area contributed by atoms with Crippen LogP contribution in [0.4, 0.5) is 0 Å². The van der Waals surface area contributed by atoms with Crippen LogP contribution in [0.1, 0.15) is 55.5 Å². The summed E-state index contributed by atoms with van der Waals surface area (Å²) in [5, 5.41) is 33.3. The Morgan fingerprint density at radius 1 is 1.09 bits per heavy atom. The SMILES string of the molecule is CCCCOP(=O)(OCCCC)Oc1c2c(cc3c1C(=O)N[C@@H]1C3=C[C@H](O)[C@@H](O)[C@H]1O)OCO2. The highest BCUT2D eigenvalue weighted by molar-refractivity contribution is 7.48. The molecule has 1 aromatic rings. The second-order valence-corrected chi connectivity index (χ2v) is 9.91. The first-order valence-corrected chi connectivity index (χ1v) is 12.9. The maximum atomic E-state index is 13.5. The zero-order valence-electron chi connectivity index (χ0n) is 19.1. The Morgan fingerprint density at radius 2 is 1.76 bits per heavy atom. The Morgan fingerprint density at radius 3 is 2.41 bits per heavy atom. The van der Waals surface area contributed by atoms with Crippen LogP contribution in [0.3, 0.4) is 0 Å². The minimum absolute atomic E-state index is 0.0269. The summed E-state index contributed by atoms with van der Waals surface area (Å²) in [6, 6.07) is 0.556. The van der Waals surface area contributed by atoms with Gasteiger partial charge < -0.3 is 34.6 Å². The number of carbonyl (C=O) groups excluding carboxylic acids is 1. The molecule has 0 saturated carbocycles. The van der Waals surface area contributed by atoms with Crippen LogP contribution in [0.25, 0.3) is 5.57 Å². The fourth-order valence-corrected chi connectivity index (χ4v) is 5.28. The number of hydrogen-bond donors (Lipinski definition) is 4. The van der Waals surface area contributed by atoms with E-state index in [4.69, 9.17) is 23.0 Å². The number of phosphoric ester groups is 1. The average Bonchev–Trinajstić information content (AvgIpc) is 3.28. The summed E-state index contributed by atoms with van der Waals surface area (Å²) in [7, 11) is -4.15. The number of ether oxygens (including phenoxy) is 2. The Bertz CT molecular complexity index is 998. The normalized spacial score (nSPS) is 25.3. The van der Waals surface area contributed by atoms with E-state index in [1.54, 1.807) is 0 Å². The van der Waals surface area contributed by atoms with Gasteiger partial charge in [0.2, 0.25) is 12.5 Å². The van der Waals surface area contributed by atoms with Crippen molar-refractivity contribution in [3.05, 3.63) is 23.3 Å². The molecular weight excluding hydrogens is 469 g/mol. The van der Waals surface area contributed by atoms with Gasteiger partial charge in [0, 0.05) is 5.56 Å². The third-order valence-corrected chi connectivity index (χ3v) is 7.27. The molecular formula is C22H30NO10P. The molecule has 1 amide bonds. The number of hydrogen-bond acceptors (Lipinski definition) is 10. The van der Waals surface area contributed by atoms with E-state index >= 15 is 0 Å². The second-order valence-electron chi connectivity index (χ2n) is 8.32. The van der Waals surface area contributed by atoms with E-state index in [1.807, 2.05) is 13.8 Å². The molecule has 4 N–H and O–H groups in total. The molecule has 12 heteroatoms. The highest BCUT2D eigenvalue weighted by Gasteiger charge is 2.46. The maximum Gasteiger partial charge on any atom is 0.530 e. The summed E-state index contributed by atoms with van der Waals surface area (Å²) in [5.41, 5.74) is 0.615. The molecule has 1 aliphatic carbocycles. The molecule has 0 aromatic heterocycles.